The molecule has 0 saturated carbocycles. The summed E-state index contributed by atoms with van der Waals surface area (Å²) in [5.74, 6) is 0.790. The van der Waals surface area contributed by atoms with Crippen molar-refractivity contribution in [1.29, 1.82) is 0 Å². The van der Waals surface area contributed by atoms with E-state index < -0.39 is 4.92 Å². The first-order chi connectivity index (χ1) is 6.65. The first-order valence-electron chi connectivity index (χ1n) is 4.44. The lowest BCUT2D eigenvalue weighted by Crippen LogP contribution is -2.00. The van der Waals surface area contributed by atoms with E-state index >= 15 is 0 Å². The Balaban J connectivity index is 2.62. The molecule has 0 aromatic carbocycles. The number of nitro groups is 1. The fraction of sp³-hybridized carbons (Fsp3) is 0.625. The Labute approximate surface area is 87.7 Å². The van der Waals surface area contributed by atoms with Crippen molar-refractivity contribution in [3.05, 3.63) is 21.9 Å². The molecule has 1 heterocycles. The van der Waals surface area contributed by atoms with Gasteiger partial charge >= 0.3 is 5.82 Å². The minimum absolute atomic E-state index is 0.0455. The van der Waals surface area contributed by atoms with E-state index in [0.29, 0.717) is 5.56 Å². The number of aryl methyl sites for hydroxylation is 2. The molecule has 0 saturated heterocycles. The standard InChI is InChI=1S/C8H13N3O2S/c1-7-6-10(4-2-3-5-14)9-8(7)11(12)13/h6,14H,2-5H2,1H3. The van der Waals surface area contributed by atoms with Crippen LogP contribution in [0.3, 0.4) is 0 Å². The van der Waals surface area contributed by atoms with Gasteiger partial charge in [0.1, 0.15) is 0 Å². The van der Waals surface area contributed by atoms with Gasteiger partial charge in [-0.05, 0) is 30.4 Å². The van der Waals surface area contributed by atoms with Crippen LogP contribution in [-0.2, 0) is 6.54 Å². The number of unbranched alkanes of at least 4 members (excludes halogenated alkanes) is 1. The molecule has 1 aromatic rings. The second kappa shape index (κ2) is 4.99. The highest BCUT2D eigenvalue weighted by atomic mass is 32.1. The molecule has 0 fully saturated rings. The molecule has 0 aliphatic heterocycles. The van der Waals surface area contributed by atoms with E-state index in [1.165, 1.54) is 0 Å². The number of nitrogens with zero attached hydrogens (tertiary/aromatic N) is 3. The van der Waals surface area contributed by atoms with Gasteiger partial charge in [0.2, 0.25) is 0 Å². The van der Waals surface area contributed by atoms with Crippen molar-refractivity contribution in [3.8, 4) is 0 Å². The van der Waals surface area contributed by atoms with E-state index in [2.05, 4.69) is 17.7 Å². The smallest absolute Gasteiger partial charge is 0.358 e. The van der Waals surface area contributed by atoms with Crippen molar-refractivity contribution in [2.24, 2.45) is 0 Å². The van der Waals surface area contributed by atoms with Crippen LogP contribution in [0, 0.1) is 17.0 Å². The number of rotatable bonds is 5. The average Bonchev–Trinajstić information content (AvgIpc) is 2.47. The molecule has 0 atom stereocenters. The molecule has 0 aliphatic carbocycles. The molecule has 0 amide bonds. The van der Waals surface area contributed by atoms with Crippen molar-refractivity contribution in [2.45, 2.75) is 26.3 Å². The van der Waals surface area contributed by atoms with Gasteiger partial charge in [-0.15, -0.1) is 0 Å². The highest BCUT2D eigenvalue weighted by Crippen LogP contribution is 2.14. The molecule has 14 heavy (non-hydrogen) atoms. The molecular formula is C8H13N3O2S. The zero-order valence-electron chi connectivity index (χ0n) is 8.01. The quantitative estimate of drug-likeness (QED) is 0.352. The van der Waals surface area contributed by atoms with Gasteiger partial charge in [0.05, 0.1) is 23.4 Å². The van der Waals surface area contributed by atoms with Gasteiger partial charge in [0, 0.05) is 0 Å². The Morgan fingerprint density at radius 1 is 1.64 bits per heavy atom. The van der Waals surface area contributed by atoms with E-state index in [-0.39, 0.29) is 5.82 Å². The number of aromatic nitrogens is 2. The van der Waals surface area contributed by atoms with Crippen LogP contribution in [0.1, 0.15) is 18.4 Å². The molecule has 0 spiro atoms. The molecule has 0 N–H and O–H groups in total. The van der Waals surface area contributed by atoms with Crippen LogP contribution < -0.4 is 0 Å². The second-order valence-electron chi connectivity index (χ2n) is 3.09. The summed E-state index contributed by atoms with van der Waals surface area (Å²) in [5.41, 5.74) is 0.612. The predicted molar refractivity (Wildman–Crippen MR) is 56.7 cm³/mol. The van der Waals surface area contributed by atoms with Crippen molar-refractivity contribution in [3.63, 3.8) is 0 Å². The van der Waals surface area contributed by atoms with Crippen LogP contribution in [0.15, 0.2) is 6.20 Å². The first kappa shape index (κ1) is 11.0. The molecule has 0 bridgehead atoms. The fourth-order valence-electron chi connectivity index (χ4n) is 1.19. The molecular weight excluding hydrogens is 202 g/mol. The van der Waals surface area contributed by atoms with E-state index in [4.69, 9.17) is 0 Å². The fourth-order valence-corrected chi connectivity index (χ4v) is 1.41. The number of hydrogen-bond donors (Lipinski definition) is 1. The van der Waals surface area contributed by atoms with Gasteiger partial charge in [-0.25, -0.2) is 0 Å². The summed E-state index contributed by atoms with van der Waals surface area (Å²) in [6.45, 7) is 2.41. The van der Waals surface area contributed by atoms with Crippen LogP contribution in [-0.4, -0.2) is 20.5 Å². The summed E-state index contributed by atoms with van der Waals surface area (Å²) >= 11 is 4.09. The van der Waals surface area contributed by atoms with Gasteiger partial charge in [0.25, 0.3) is 0 Å². The highest BCUT2D eigenvalue weighted by molar-refractivity contribution is 7.80. The van der Waals surface area contributed by atoms with E-state index in [0.717, 1.165) is 25.1 Å². The van der Waals surface area contributed by atoms with E-state index in [9.17, 15) is 10.1 Å². The van der Waals surface area contributed by atoms with Gasteiger partial charge < -0.3 is 10.1 Å². The van der Waals surface area contributed by atoms with Crippen LogP contribution in [0.4, 0.5) is 5.82 Å². The van der Waals surface area contributed by atoms with Crippen LogP contribution >= 0.6 is 12.6 Å². The summed E-state index contributed by atoms with van der Waals surface area (Å²) in [7, 11) is 0. The van der Waals surface area contributed by atoms with Gasteiger partial charge in [-0.2, -0.15) is 17.3 Å². The number of hydrogen-bond acceptors (Lipinski definition) is 4. The lowest BCUT2D eigenvalue weighted by Gasteiger charge is -1.93. The monoisotopic (exact) mass is 215 g/mol. The summed E-state index contributed by atoms with van der Waals surface area (Å²) in [6, 6.07) is 0. The van der Waals surface area contributed by atoms with Crippen LogP contribution in [0.25, 0.3) is 0 Å². The normalized spacial score (nSPS) is 10.4. The zero-order valence-corrected chi connectivity index (χ0v) is 8.91. The molecule has 6 heteroatoms. The third kappa shape index (κ3) is 2.73. The van der Waals surface area contributed by atoms with E-state index in [1.54, 1.807) is 17.8 Å². The van der Waals surface area contributed by atoms with Gasteiger partial charge in [0.15, 0.2) is 0 Å². The predicted octanol–water partition coefficient (Wildman–Crippen LogP) is 1.81. The molecule has 1 rings (SSSR count). The van der Waals surface area contributed by atoms with Crippen molar-refractivity contribution >= 4 is 18.4 Å². The Morgan fingerprint density at radius 2 is 2.36 bits per heavy atom. The molecule has 5 nitrogen and oxygen atoms in total. The van der Waals surface area contributed by atoms with Gasteiger partial charge in [-0.1, -0.05) is 0 Å². The maximum absolute atomic E-state index is 10.5. The zero-order chi connectivity index (χ0) is 10.6. The van der Waals surface area contributed by atoms with Crippen molar-refractivity contribution < 1.29 is 4.92 Å². The number of thiol groups is 1. The van der Waals surface area contributed by atoms with Gasteiger partial charge in [-0.3, -0.25) is 0 Å². The summed E-state index contributed by atoms with van der Waals surface area (Å²) in [4.78, 5) is 10.0. The lowest BCUT2D eigenvalue weighted by atomic mass is 10.3. The van der Waals surface area contributed by atoms with Crippen molar-refractivity contribution in [2.75, 3.05) is 5.75 Å². The molecule has 0 unspecified atom stereocenters. The minimum atomic E-state index is -0.454. The van der Waals surface area contributed by atoms with Crippen molar-refractivity contribution in [1.82, 2.24) is 9.78 Å². The maximum atomic E-state index is 10.5. The summed E-state index contributed by atoms with van der Waals surface area (Å²) in [6.07, 6.45) is 3.65. The van der Waals surface area contributed by atoms with Crippen LogP contribution in [0.5, 0.6) is 0 Å². The van der Waals surface area contributed by atoms with E-state index in [1.807, 2.05) is 0 Å². The molecule has 0 aliphatic rings. The average molecular weight is 215 g/mol. The Kier molecular flexibility index (Phi) is 3.94. The molecule has 0 radical (unpaired) electrons. The Bertz CT molecular complexity index is 324. The lowest BCUT2D eigenvalue weighted by molar-refractivity contribution is -0.390. The second-order valence-corrected chi connectivity index (χ2v) is 3.53. The largest absolute Gasteiger partial charge is 0.392 e. The van der Waals surface area contributed by atoms with Crippen LogP contribution in [0.2, 0.25) is 0 Å². The summed E-state index contributed by atoms with van der Waals surface area (Å²) in [5, 5.41) is 14.4. The Morgan fingerprint density at radius 3 is 2.86 bits per heavy atom. The third-order valence-electron chi connectivity index (χ3n) is 1.89. The maximum Gasteiger partial charge on any atom is 0.392 e. The summed E-state index contributed by atoms with van der Waals surface area (Å²) < 4.78 is 1.62. The topological polar surface area (TPSA) is 61.0 Å². The molecule has 78 valence electrons. The molecule has 1 aromatic heterocycles. The first-order valence-corrected chi connectivity index (χ1v) is 5.07. The Hall–Kier alpha value is -1.04. The minimum Gasteiger partial charge on any atom is -0.358 e. The SMILES string of the molecule is Cc1cn(CCCCS)nc1[N+](=O)[O-]. The highest BCUT2D eigenvalue weighted by Gasteiger charge is 2.16. The third-order valence-corrected chi connectivity index (χ3v) is 2.20.